The van der Waals surface area contributed by atoms with E-state index in [2.05, 4.69) is 15.6 Å². The number of aliphatic carboxylic acids is 1. The summed E-state index contributed by atoms with van der Waals surface area (Å²) in [6.45, 7) is 0.299. The number of methoxy groups -OCH3 is 1. The maximum atomic E-state index is 12.1. The van der Waals surface area contributed by atoms with E-state index in [1.807, 2.05) is 11.4 Å². The highest BCUT2D eigenvalue weighted by atomic mass is 32.1. The predicted octanol–water partition coefficient (Wildman–Crippen LogP) is 0.501. The molecule has 0 saturated carbocycles. The van der Waals surface area contributed by atoms with Gasteiger partial charge in [-0.1, -0.05) is 5.21 Å². The smallest absolute Gasteiger partial charge is 0.325 e. The van der Waals surface area contributed by atoms with E-state index in [4.69, 9.17) is 9.84 Å². The Morgan fingerprint density at radius 2 is 2.33 bits per heavy atom. The highest BCUT2D eigenvalue weighted by Crippen LogP contribution is 2.17. The molecule has 9 heteroatoms. The largest absolute Gasteiger partial charge is 0.480 e. The molecule has 0 aromatic carbocycles. The predicted molar refractivity (Wildman–Crippen MR) is 73.9 cm³/mol. The fraction of sp³-hybridized carbons (Fsp3) is 0.333. The zero-order valence-corrected chi connectivity index (χ0v) is 12.1. The van der Waals surface area contributed by atoms with Gasteiger partial charge in [0, 0.05) is 12.7 Å². The van der Waals surface area contributed by atoms with Crippen molar-refractivity contribution >= 4 is 23.2 Å². The van der Waals surface area contributed by atoms with Crippen molar-refractivity contribution in [2.45, 2.75) is 19.7 Å². The Bertz CT molecular complexity index is 637. The molecule has 0 aliphatic carbocycles. The van der Waals surface area contributed by atoms with Crippen LogP contribution in [0.1, 0.15) is 20.9 Å². The summed E-state index contributed by atoms with van der Waals surface area (Å²) in [6.07, 6.45) is 1.49. The van der Waals surface area contributed by atoms with Crippen LogP contribution in [0.3, 0.4) is 0 Å². The number of nitrogens with one attached hydrogen (secondary N) is 1. The molecule has 0 aliphatic heterocycles. The molecule has 0 aliphatic rings. The number of carbonyl (C=O) groups is 2. The summed E-state index contributed by atoms with van der Waals surface area (Å²) in [4.78, 5) is 23.2. The average Bonchev–Trinajstić information content (AvgIpc) is 3.05. The molecule has 2 heterocycles. The molecule has 0 fully saturated rings. The number of carboxylic acids is 1. The Labute approximate surface area is 124 Å². The number of ether oxygens (including phenoxy) is 1. The Balaban J connectivity index is 1.93. The SMILES string of the molecule is COCc1ccsc1C(=O)NCc1cn(CC(=O)O)nn1. The Morgan fingerprint density at radius 1 is 1.52 bits per heavy atom. The molecule has 0 spiro atoms. The fourth-order valence-corrected chi connectivity index (χ4v) is 2.52. The van der Waals surface area contributed by atoms with Crippen molar-refractivity contribution in [2.24, 2.45) is 0 Å². The van der Waals surface area contributed by atoms with Crippen LogP contribution in [-0.4, -0.2) is 39.1 Å². The second-order valence-electron chi connectivity index (χ2n) is 4.19. The fourth-order valence-electron chi connectivity index (χ4n) is 1.69. The second kappa shape index (κ2) is 6.95. The topological polar surface area (TPSA) is 106 Å². The van der Waals surface area contributed by atoms with Crippen LogP contribution in [-0.2, 0) is 29.2 Å². The van der Waals surface area contributed by atoms with Gasteiger partial charge in [0.1, 0.15) is 12.2 Å². The molecule has 0 atom stereocenters. The van der Waals surface area contributed by atoms with Gasteiger partial charge in [0.15, 0.2) is 0 Å². The number of aromatic nitrogens is 3. The van der Waals surface area contributed by atoms with Gasteiger partial charge in [-0.3, -0.25) is 9.59 Å². The molecule has 0 saturated heterocycles. The zero-order chi connectivity index (χ0) is 15.2. The van der Waals surface area contributed by atoms with Gasteiger partial charge < -0.3 is 15.2 Å². The number of nitrogens with zero attached hydrogens (tertiary/aromatic N) is 3. The van der Waals surface area contributed by atoms with Crippen LogP contribution in [0.25, 0.3) is 0 Å². The van der Waals surface area contributed by atoms with Crippen molar-refractivity contribution in [3.63, 3.8) is 0 Å². The third-order valence-corrected chi connectivity index (χ3v) is 3.52. The lowest BCUT2D eigenvalue weighted by molar-refractivity contribution is -0.137. The van der Waals surface area contributed by atoms with E-state index in [1.165, 1.54) is 22.2 Å². The van der Waals surface area contributed by atoms with E-state index in [9.17, 15) is 9.59 Å². The monoisotopic (exact) mass is 310 g/mol. The van der Waals surface area contributed by atoms with Crippen molar-refractivity contribution in [1.29, 1.82) is 0 Å². The van der Waals surface area contributed by atoms with Gasteiger partial charge in [0.2, 0.25) is 0 Å². The molecule has 2 rings (SSSR count). The summed E-state index contributed by atoms with van der Waals surface area (Å²) in [5, 5.41) is 20.6. The number of amides is 1. The van der Waals surface area contributed by atoms with E-state index in [-0.39, 0.29) is 19.0 Å². The van der Waals surface area contributed by atoms with Crippen LogP contribution in [0.2, 0.25) is 0 Å². The van der Waals surface area contributed by atoms with E-state index in [0.29, 0.717) is 17.2 Å². The third-order valence-electron chi connectivity index (χ3n) is 2.57. The summed E-state index contributed by atoms with van der Waals surface area (Å²) in [6, 6.07) is 1.84. The van der Waals surface area contributed by atoms with Crippen LogP contribution in [0.4, 0.5) is 0 Å². The van der Waals surface area contributed by atoms with Crippen molar-refractivity contribution in [2.75, 3.05) is 7.11 Å². The summed E-state index contributed by atoms with van der Waals surface area (Å²) in [7, 11) is 1.57. The number of hydrogen-bond donors (Lipinski definition) is 2. The maximum Gasteiger partial charge on any atom is 0.325 e. The van der Waals surface area contributed by atoms with Gasteiger partial charge >= 0.3 is 5.97 Å². The lowest BCUT2D eigenvalue weighted by atomic mass is 10.2. The molecule has 0 radical (unpaired) electrons. The Kier molecular flexibility index (Phi) is 5.01. The number of thiophene rings is 1. The summed E-state index contributed by atoms with van der Waals surface area (Å²) >= 11 is 1.34. The van der Waals surface area contributed by atoms with Gasteiger partial charge in [0.25, 0.3) is 5.91 Å². The molecular formula is C12H14N4O4S. The van der Waals surface area contributed by atoms with Gasteiger partial charge in [-0.25, -0.2) is 4.68 Å². The average molecular weight is 310 g/mol. The van der Waals surface area contributed by atoms with Gasteiger partial charge in [-0.05, 0) is 11.4 Å². The first-order valence-corrected chi connectivity index (χ1v) is 6.92. The summed E-state index contributed by atoms with van der Waals surface area (Å²) in [5.74, 6) is -1.22. The molecule has 112 valence electrons. The van der Waals surface area contributed by atoms with Gasteiger partial charge in [0.05, 0.1) is 24.2 Å². The van der Waals surface area contributed by atoms with E-state index >= 15 is 0 Å². The first-order valence-electron chi connectivity index (χ1n) is 6.04. The Morgan fingerprint density at radius 3 is 3.05 bits per heavy atom. The molecule has 0 unspecified atom stereocenters. The second-order valence-corrected chi connectivity index (χ2v) is 5.11. The minimum Gasteiger partial charge on any atom is -0.480 e. The van der Waals surface area contributed by atoms with E-state index in [1.54, 1.807) is 7.11 Å². The normalized spacial score (nSPS) is 10.5. The van der Waals surface area contributed by atoms with E-state index in [0.717, 1.165) is 5.56 Å². The molecule has 2 aromatic heterocycles. The lowest BCUT2D eigenvalue weighted by Crippen LogP contribution is -2.23. The van der Waals surface area contributed by atoms with Gasteiger partial charge in [-0.15, -0.1) is 16.4 Å². The Hall–Kier alpha value is -2.26. The molecular weight excluding hydrogens is 296 g/mol. The van der Waals surface area contributed by atoms with Crippen LogP contribution in [0.15, 0.2) is 17.6 Å². The number of carbonyl (C=O) groups excluding carboxylic acids is 1. The third kappa shape index (κ3) is 4.10. The molecule has 2 N–H and O–H groups in total. The molecule has 1 amide bonds. The summed E-state index contributed by atoms with van der Waals surface area (Å²) in [5.41, 5.74) is 1.32. The zero-order valence-electron chi connectivity index (χ0n) is 11.3. The molecule has 0 bridgehead atoms. The van der Waals surface area contributed by atoms with Crippen molar-refractivity contribution in [1.82, 2.24) is 20.3 Å². The van der Waals surface area contributed by atoms with Crippen molar-refractivity contribution < 1.29 is 19.4 Å². The number of rotatable bonds is 7. The number of hydrogen-bond acceptors (Lipinski definition) is 6. The first-order chi connectivity index (χ1) is 10.1. The maximum absolute atomic E-state index is 12.1. The van der Waals surface area contributed by atoms with Gasteiger partial charge in [-0.2, -0.15) is 0 Å². The molecule has 8 nitrogen and oxygen atoms in total. The van der Waals surface area contributed by atoms with Crippen LogP contribution >= 0.6 is 11.3 Å². The minimum absolute atomic E-state index is 0.183. The highest BCUT2D eigenvalue weighted by Gasteiger charge is 2.13. The van der Waals surface area contributed by atoms with Crippen LogP contribution in [0.5, 0.6) is 0 Å². The quantitative estimate of drug-likeness (QED) is 0.771. The van der Waals surface area contributed by atoms with Crippen molar-refractivity contribution in [3.05, 3.63) is 33.8 Å². The highest BCUT2D eigenvalue weighted by molar-refractivity contribution is 7.12. The summed E-state index contributed by atoms with van der Waals surface area (Å²) < 4.78 is 6.23. The first kappa shape index (κ1) is 15.1. The lowest BCUT2D eigenvalue weighted by Gasteiger charge is -2.03. The molecule has 21 heavy (non-hydrogen) atoms. The van der Waals surface area contributed by atoms with Crippen molar-refractivity contribution in [3.8, 4) is 0 Å². The standard InChI is InChI=1S/C12H14N4O4S/c1-20-7-8-2-3-21-11(8)12(19)13-4-9-5-16(15-14-9)6-10(17)18/h2-3,5H,4,6-7H2,1H3,(H,13,19)(H,17,18). The minimum atomic E-state index is -1.00. The van der Waals surface area contributed by atoms with Crippen LogP contribution < -0.4 is 5.32 Å². The van der Waals surface area contributed by atoms with Crippen LogP contribution in [0, 0.1) is 0 Å². The van der Waals surface area contributed by atoms with E-state index < -0.39 is 5.97 Å². The number of carboxylic acid groups (broad SMARTS) is 1. The molecule has 2 aromatic rings.